The number of hydrogen-bond acceptors (Lipinski definition) is 4. The third-order valence-electron chi connectivity index (χ3n) is 2.79. The van der Waals surface area contributed by atoms with Crippen molar-refractivity contribution in [3.8, 4) is 5.75 Å². The minimum Gasteiger partial charge on any atom is -0.493 e. The molecule has 0 aliphatic carbocycles. The Bertz CT molecular complexity index is 541. The highest BCUT2D eigenvalue weighted by Crippen LogP contribution is 2.29. The maximum absolute atomic E-state index is 5.35. The molecule has 0 aliphatic heterocycles. The summed E-state index contributed by atoms with van der Waals surface area (Å²) in [6.07, 6.45) is 5.31. The van der Waals surface area contributed by atoms with Crippen LogP contribution in [0.1, 0.15) is 17.3 Å². The Hall–Kier alpha value is -1.40. The average molecular weight is 311 g/mol. The van der Waals surface area contributed by atoms with Gasteiger partial charge in [-0.15, -0.1) is 0 Å². The summed E-state index contributed by atoms with van der Waals surface area (Å²) >= 11 is 3.43. The molecule has 0 radical (unpaired) electrons. The van der Waals surface area contributed by atoms with Crippen LogP contribution in [0.25, 0.3) is 0 Å². The topological polar surface area (TPSA) is 52.0 Å². The lowest BCUT2D eigenvalue weighted by Gasteiger charge is -2.18. The van der Waals surface area contributed by atoms with Crippen LogP contribution in [0.3, 0.4) is 0 Å². The smallest absolute Gasteiger partial charge is 0.161 e. The van der Waals surface area contributed by atoms with Crippen LogP contribution in [0, 0.1) is 0 Å². The van der Waals surface area contributed by atoms with Crippen molar-refractivity contribution in [1.82, 2.24) is 20.1 Å². The molecule has 0 aromatic carbocycles. The summed E-state index contributed by atoms with van der Waals surface area (Å²) in [5.74, 6) is 0.761. The van der Waals surface area contributed by atoms with Crippen molar-refractivity contribution in [2.24, 2.45) is 7.05 Å². The molecule has 0 spiro atoms. The first-order valence-corrected chi connectivity index (χ1v) is 6.30. The molecule has 6 heteroatoms. The maximum atomic E-state index is 5.35. The highest BCUT2D eigenvalue weighted by atomic mass is 79.9. The summed E-state index contributed by atoms with van der Waals surface area (Å²) < 4.78 is 8.10. The van der Waals surface area contributed by atoms with Gasteiger partial charge in [0.05, 0.1) is 19.3 Å². The van der Waals surface area contributed by atoms with E-state index in [9.17, 15) is 0 Å². The van der Waals surface area contributed by atoms with E-state index in [4.69, 9.17) is 4.74 Å². The summed E-state index contributed by atoms with van der Waals surface area (Å²) in [6.45, 7) is 0. The molecular weight excluding hydrogens is 296 g/mol. The van der Waals surface area contributed by atoms with Crippen LogP contribution in [0.5, 0.6) is 5.75 Å². The largest absolute Gasteiger partial charge is 0.493 e. The van der Waals surface area contributed by atoms with Gasteiger partial charge in [0.15, 0.2) is 5.75 Å². The van der Waals surface area contributed by atoms with Crippen LogP contribution in [0.4, 0.5) is 0 Å². The fourth-order valence-corrected chi connectivity index (χ4v) is 2.34. The van der Waals surface area contributed by atoms with Gasteiger partial charge < -0.3 is 10.1 Å². The number of rotatable bonds is 4. The minimum absolute atomic E-state index is 0.0163. The highest BCUT2D eigenvalue weighted by molar-refractivity contribution is 9.10. The first-order chi connectivity index (χ1) is 8.67. The zero-order valence-corrected chi connectivity index (χ0v) is 12.1. The SMILES string of the molecule is CNC(c1cncc(Br)c1)c1c(OC)cnn1C. The van der Waals surface area contributed by atoms with E-state index in [0.717, 1.165) is 21.5 Å². The fraction of sp³-hybridized carbons (Fsp3) is 0.333. The Morgan fingerprint density at radius 2 is 2.17 bits per heavy atom. The minimum atomic E-state index is -0.0163. The van der Waals surface area contributed by atoms with Crippen molar-refractivity contribution < 1.29 is 4.74 Å². The van der Waals surface area contributed by atoms with Crippen LogP contribution < -0.4 is 10.1 Å². The number of methoxy groups -OCH3 is 1. The number of hydrogen-bond donors (Lipinski definition) is 1. The lowest BCUT2D eigenvalue weighted by atomic mass is 10.1. The Morgan fingerprint density at radius 3 is 2.78 bits per heavy atom. The standard InChI is InChI=1S/C12H15BrN4O/c1-14-11(8-4-9(13)6-15-5-8)12-10(18-3)7-16-17(12)2/h4-7,11,14H,1-3H3. The van der Waals surface area contributed by atoms with E-state index in [1.54, 1.807) is 24.2 Å². The van der Waals surface area contributed by atoms with Crippen molar-refractivity contribution >= 4 is 15.9 Å². The van der Waals surface area contributed by atoms with Crippen LogP contribution in [-0.4, -0.2) is 28.9 Å². The zero-order valence-electron chi connectivity index (χ0n) is 10.5. The van der Waals surface area contributed by atoms with Crippen LogP contribution >= 0.6 is 15.9 Å². The van der Waals surface area contributed by atoms with E-state index in [-0.39, 0.29) is 6.04 Å². The molecule has 0 amide bonds. The predicted molar refractivity (Wildman–Crippen MR) is 72.6 cm³/mol. The van der Waals surface area contributed by atoms with Crippen LogP contribution in [0.2, 0.25) is 0 Å². The first kappa shape index (κ1) is 13.0. The molecule has 18 heavy (non-hydrogen) atoms. The molecule has 2 heterocycles. The second-order valence-corrected chi connectivity index (χ2v) is 4.80. The number of halogens is 1. The molecule has 0 aliphatic rings. The van der Waals surface area contributed by atoms with Crippen LogP contribution in [0.15, 0.2) is 29.1 Å². The number of nitrogens with one attached hydrogen (secondary N) is 1. The fourth-order valence-electron chi connectivity index (χ4n) is 1.96. The molecule has 0 bridgehead atoms. The van der Waals surface area contributed by atoms with Gasteiger partial charge in [-0.25, -0.2) is 0 Å². The average Bonchev–Trinajstić information content (AvgIpc) is 2.72. The molecule has 0 saturated heterocycles. The molecule has 2 aromatic rings. The summed E-state index contributed by atoms with van der Waals surface area (Å²) in [5.41, 5.74) is 2.02. The molecule has 96 valence electrons. The van der Waals surface area contributed by atoms with Gasteiger partial charge in [-0.3, -0.25) is 9.67 Å². The van der Waals surface area contributed by atoms with E-state index in [1.165, 1.54) is 0 Å². The van der Waals surface area contributed by atoms with Gasteiger partial charge in [0.2, 0.25) is 0 Å². The third-order valence-corrected chi connectivity index (χ3v) is 3.22. The molecule has 1 unspecified atom stereocenters. The summed E-state index contributed by atoms with van der Waals surface area (Å²) in [7, 11) is 5.44. The van der Waals surface area contributed by atoms with Gasteiger partial charge in [0.1, 0.15) is 5.69 Å². The maximum Gasteiger partial charge on any atom is 0.161 e. The van der Waals surface area contributed by atoms with Gasteiger partial charge >= 0.3 is 0 Å². The van der Waals surface area contributed by atoms with Crippen molar-refractivity contribution in [3.63, 3.8) is 0 Å². The lowest BCUT2D eigenvalue weighted by molar-refractivity contribution is 0.402. The number of aromatic nitrogens is 3. The monoisotopic (exact) mass is 310 g/mol. The lowest BCUT2D eigenvalue weighted by Crippen LogP contribution is -2.21. The van der Waals surface area contributed by atoms with Crippen molar-refractivity contribution in [1.29, 1.82) is 0 Å². The molecule has 1 atom stereocenters. The number of ether oxygens (including phenoxy) is 1. The Morgan fingerprint density at radius 1 is 1.39 bits per heavy atom. The van der Waals surface area contributed by atoms with E-state index in [1.807, 2.05) is 26.4 Å². The third kappa shape index (κ3) is 2.39. The van der Waals surface area contributed by atoms with Gasteiger partial charge in [0.25, 0.3) is 0 Å². The summed E-state index contributed by atoms with van der Waals surface area (Å²) in [4.78, 5) is 4.19. The van der Waals surface area contributed by atoms with Gasteiger partial charge in [-0.05, 0) is 34.6 Å². The molecule has 1 N–H and O–H groups in total. The number of pyridine rings is 1. The quantitative estimate of drug-likeness (QED) is 0.937. The van der Waals surface area contributed by atoms with Crippen LogP contribution in [-0.2, 0) is 7.05 Å². The second kappa shape index (κ2) is 5.49. The summed E-state index contributed by atoms with van der Waals surface area (Å²) in [6, 6.07) is 2.01. The Kier molecular flexibility index (Phi) is 3.98. The predicted octanol–water partition coefficient (Wildman–Crippen LogP) is 1.90. The highest BCUT2D eigenvalue weighted by Gasteiger charge is 2.21. The second-order valence-electron chi connectivity index (χ2n) is 3.88. The molecule has 0 fully saturated rings. The molecule has 2 rings (SSSR count). The first-order valence-electron chi connectivity index (χ1n) is 5.51. The molecular formula is C12H15BrN4O. The van der Waals surface area contributed by atoms with Gasteiger partial charge in [0, 0.05) is 23.9 Å². The molecule has 5 nitrogen and oxygen atoms in total. The molecule has 0 saturated carbocycles. The Labute approximate surface area is 114 Å². The molecule has 2 aromatic heterocycles. The van der Waals surface area contributed by atoms with Crippen molar-refractivity contribution in [2.45, 2.75) is 6.04 Å². The van der Waals surface area contributed by atoms with E-state index < -0.39 is 0 Å². The number of aryl methyl sites for hydroxylation is 1. The number of nitrogens with zero attached hydrogens (tertiary/aromatic N) is 3. The van der Waals surface area contributed by atoms with E-state index in [2.05, 4.69) is 31.3 Å². The van der Waals surface area contributed by atoms with Crippen molar-refractivity contribution in [2.75, 3.05) is 14.2 Å². The van der Waals surface area contributed by atoms with Gasteiger partial charge in [-0.1, -0.05) is 0 Å². The van der Waals surface area contributed by atoms with Crippen molar-refractivity contribution in [3.05, 3.63) is 40.4 Å². The van der Waals surface area contributed by atoms with E-state index >= 15 is 0 Å². The normalized spacial score (nSPS) is 12.4. The van der Waals surface area contributed by atoms with Gasteiger partial charge in [-0.2, -0.15) is 5.10 Å². The zero-order chi connectivity index (χ0) is 13.1. The Balaban J connectivity index is 2.48. The summed E-state index contributed by atoms with van der Waals surface area (Å²) in [5, 5.41) is 7.49. The van der Waals surface area contributed by atoms with E-state index in [0.29, 0.717) is 0 Å².